The number of rotatable bonds is 58. The van der Waals surface area contributed by atoms with Crippen LogP contribution >= 0.6 is 0 Å². The Bertz CT molecular complexity index is 1400. The molecule has 0 rings (SSSR count). The van der Waals surface area contributed by atoms with E-state index >= 15 is 0 Å². The first-order chi connectivity index (χ1) is 36.7. The van der Waals surface area contributed by atoms with E-state index < -0.39 is 12.1 Å². The Morgan fingerprint density at radius 1 is 0.338 bits per heavy atom. The van der Waals surface area contributed by atoms with Gasteiger partial charge in [-0.1, -0.05) is 335 Å². The highest BCUT2D eigenvalue weighted by Crippen LogP contribution is 2.18. The van der Waals surface area contributed by atoms with Crippen LogP contribution in [0.25, 0.3) is 0 Å². The van der Waals surface area contributed by atoms with Crippen LogP contribution in [-0.4, -0.2) is 34.9 Å². The molecule has 0 aliphatic carbocycles. The Kier molecular flexibility index (Phi) is 61.8. The molecule has 0 saturated carbocycles. The molecule has 4 nitrogen and oxygen atoms in total. The fourth-order valence-electron chi connectivity index (χ4n) is 9.48. The quantitative estimate of drug-likeness (QED) is 0.0420. The monoisotopic (exact) mass is 1030 g/mol. The molecular weight excluding hydrogens is 903 g/mol. The molecule has 1 amide bonds. The summed E-state index contributed by atoms with van der Waals surface area (Å²) in [4.78, 5) is 12.5. The van der Waals surface area contributed by atoms with Crippen LogP contribution in [0, 0.1) is 0 Å². The van der Waals surface area contributed by atoms with Crippen molar-refractivity contribution in [1.29, 1.82) is 0 Å². The summed E-state index contributed by atoms with van der Waals surface area (Å²) in [5, 5.41) is 23.4. The van der Waals surface area contributed by atoms with Crippen LogP contribution in [0.3, 0.4) is 0 Å². The molecule has 3 N–H and O–H groups in total. The number of aliphatic hydroxyl groups is 2. The third kappa shape index (κ3) is 59.9. The van der Waals surface area contributed by atoms with E-state index in [0.717, 1.165) is 83.5 Å². The van der Waals surface area contributed by atoms with E-state index in [-0.39, 0.29) is 12.5 Å². The average molecular weight is 1030 g/mol. The van der Waals surface area contributed by atoms with Crippen LogP contribution in [0.2, 0.25) is 0 Å². The van der Waals surface area contributed by atoms with Crippen LogP contribution in [0.15, 0.2) is 109 Å². The minimum atomic E-state index is -0.694. The summed E-state index contributed by atoms with van der Waals surface area (Å²) in [6, 6.07) is -0.578. The van der Waals surface area contributed by atoms with Gasteiger partial charge in [0.25, 0.3) is 0 Å². The summed E-state index contributed by atoms with van der Waals surface area (Å²) in [6.45, 7) is 4.24. The van der Waals surface area contributed by atoms with Gasteiger partial charge < -0.3 is 15.5 Å². The number of allylic oxidation sites excluding steroid dienone is 18. The third-order valence-electron chi connectivity index (χ3n) is 14.3. The Balaban J connectivity index is 3.56. The third-order valence-corrected chi connectivity index (χ3v) is 14.3. The van der Waals surface area contributed by atoms with Gasteiger partial charge in [-0.05, 0) is 77.0 Å². The van der Waals surface area contributed by atoms with E-state index in [2.05, 4.69) is 129 Å². The largest absolute Gasteiger partial charge is 0.394 e. The van der Waals surface area contributed by atoms with Crippen molar-refractivity contribution in [2.45, 2.75) is 321 Å². The van der Waals surface area contributed by atoms with Gasteiger partial charge in [-0.3, -0.25) is 4.79 Å². The molecule has 74 heavy (non-hydrogen) atoms. The van der Waals surface area contributed by atoms with Gasteiger partial charge in [-0.2, -0.15) is 0 Å². The van der Waals surface area contributed by atoms with E-state index in [1.54, 1.807) is 0 Å². The minimum absolute atomic E-state index is 0.0895. The Morgan fingerprint density at radius 2 is 0.581 bits per heavy atom. The Labute approximate surface area is 461 Å². The fourth-order valence-corrected chi connectivity index (χ4v) is 9.48. The molecule has 0 radical (unpaired) electrons. The van der Waals surface area contributed by atoms with E-state index in [4.69, 9.17) is 0 Å². The lowest BCUT2D eigenvalue weighted by Crippen LogP contribution is -2.45. The number of amides is 1. The highest BCUT2D eigenvalue weighted by molar-refractivity contribution is 5.76. The van der Waals surface area contributed by atoms with Gasteiger partial charge in [0.15, 0.2) is 0 Å². The zero-order valence-electron chi connectivity index (χ0n) is 49.1. The van der Waals surface area contributed by atoms with Crippen molar-refractivity contribution in [2.75, 3.05) is 6.61 Å². The number of carbonyl (C=O) groups excluding carboxylic acids is 1. The normalized spacial score (nSPS) is 13.5. The molecule has 0 aromatic rings. The second kappa shape index (κ2) is 64.3. The van der Waals surface area contributed by atoms with Crippen molar-refractivity contribution >= 4 is 5.91 Å². The van der Waals surface area contributed by atoms with Gasteiger partial charge in [-0.15, -0.1) is 0 Å². The summed E-state index contributed by atoms with van der Waals surface area (Å²) >= 11 is 0. The second-order valence-electron chi connectivity index (χ2n) is 21.5. The molecule has 4 heteroatoms. The van der Waals surface area contributed by atoms with Gasteiger partial charge >= 0.3 is 0 Å². The fraction of sp³-hybridized carbons (Fsp3) is 0.729. The molecule has 0 aromatic heterocycles. The maximum Gasteiger partial charge on any atom is 0.220 e. The summed E-state index contributed by atoms with van der Waals surface area (Å²) in [7, 11) is 0. The van der Waals surface area contributed by atoms with Crippen LogP contribution in [-0.2, 0) is 4.79 Å². The number of nitrogens with one attached hydrogen (secondary N) is 1. The van der Waals surface area contributed by atoms with E-state index in [9.17, 15) is 15.0 Å². The van der Waals surface area contributed by atoms with Gasteiger partial charge in [-0.25, -0.2) is 0 Å². The van der Waals surface area contributed by atoms with Crippen LogP contribution in [0.1, 0.15) is 309 Å². The van der Waals surface area contributed by atoms with Crippen LogP contribution in [0.5, 0.6) is 0 Å². The van der Waals surface area contributed by atoms with Crippen molar-refractivity contribution < 1.29 is 15.0 Å². The topological polar surface area (TPSA) is 69.6 Å². The highest BCUT2D eigenvalue weighted by Gasteiger charge is 2.20. The van der Waals surface area contributed by atoms with Gasteiger partial charge in [0.05, 0.1) is 18.8 Å². The molecule has 0 aliphatic heterocycles. The number of carbonyl (C=O) groups is 1. The lowest BCUT2D eigenvalue weighted by atomic mass is 10.0. The van der Waals surface area contributed by atoms with Crippen LogP contribution < -0.4 is 5.32 Å². The van der Waals surface area contributed by atoms with Crippen molar-refractivity contribution in [3.63, 3.8) is 0 Å². The maximum atomic E-state index is 12.5. The van der Waals surface area contributed by atoms with Gasteiger partial charge in [0, 0.05) is 6.42 Å². The first kappa shape index (κ1) is 71.0. The molecular formula is C70H123NO3. The van der Waals surface area contributed by atoms with E-state index in [1.165, 1.54) is 199 Å². The number of hydrogen-bond donors (Lipinski definition) is 3. The second-order valence-corrected chi connectivity index (χ2v) is 21.5. The molecule has 2 unspecified atom stereocenters. The minimum Gasteiger partial charge on any atom is -0.394 e. The number of unbranched alkanes of at least 4 members (excludes halogenated alkanes) is 33. The number of hydrogen-bond acceptors (Lipinski definition) is 3. The summed E-state index contributed by atoms with van der Waals surface area (Å²) in [6.07, 6.45) is 96.9. The number of aliphatic hydroxyl groups excluding tert-OH is 2. The molecule has 426 valence electrons. The van der Waals surface area contributed by atoms with Crippen molar-refractivity contribution in [1.82, 2.24) is 5.32 Å². The van der Waals surface area contributed by atoms with Crippen molar-refractivity contribution in [3.05, 3.63) is 109 Å². The molecule has 0 bridgehead atoms. The molecule has 0 fully saturated rings. The SMILES string of the molecule is CC/C=C\C/C=C\C/C=C\C/C=C\C/C=C\C/C=C\C/C=C\C/C=C\C/C=C\CCCC(=O)NC(CO)C(O)CCCCCCCCCCCCCCCCCCCCCCCCCCCCCCCCCCC. The lowest BCUT2D eigenvalue weighted by Gasteiger charge is -2.22. The van der Waals surface area contributed by atoms with E-state index in [1.807, 2.05) is 0 Å². The molecule has 0 heterocycles. The molecule has 2 atom stereocenters. The van der Waals surface area contributed by atoms with Gasteiger partial charge in [0.2, 0.25) is 5.91 Å². The van der Waals surface area contributed by atoms with Crippen LogP contribution in [0.4, 0.5) is 0 Å². The van der Waals surface area contributed by atoms with E-state index in [0.29, 0.717) is 12.8 Å². The zero-order chi connectivity index (χ0) is 53.4. The van der Waals surface area contributed by atoms with Crippen molar-refractivity contribution in [3.8, 4) is 0 Å². The zero-order valence-corrected chi connectivity index (χ0v) is 49.1. The predicted octanol–water partition coefficient (Wildman–Crippen LogP) is 21.8. The molecule has 0 spiro atoms. The summed E-state index contributed by atoms with van der Waals surface area (Å²) in [5.74, 6) is -0.0895. The first-order valence-electron chi connectivity index (χ1n) is 32.1. The molecule has 0 aliphatic rings. The lowest BCUT2D eigenvalue weighted by molar-refractivity contribution is -0.123. The Hall–Kier alpha value is -2.95. The summed E-state index contributed by atoms with van der Waals surface area (Å²) < 4.78 is 0. The Morgan fingerprint density at radius 3 is 0.838 bits per heavy atom. The maximum absolute atomic E-state index is 12.5. The highest BCUT2D eigenvalue weighted by atomic mass is 16.3. The summed E-state index contributed by atoms with van der Waals surface area (Å²) in [5.41, 5.74) is 0. The van der Waals surface area contributed by atoms with Crippen molar-refractivity contribution in [2.24, 2.45) is 0 Å². The smallest absolute Gasteiger partial charge is 0.220 e. The first-order valence-corrected chi connectivity index (χ1v) is 32.1. The molecule has 0 aromatic carbocycles. The van der Waals surface area contributed by atoms with Gasteiger partial charge in [0.1, 0.15) is 0 Å². The predicted molar refractivity (Wildman–Crippen MR) is 331 cm³/mol. The average Bonchev–Trinajstić information content (AvgIpc) is 3.40. The molecule has 0 saturated heterocycles. The standard InChI is InChI=1S/C70H123NO3/c1-3-5-7-9-11-13-15-17-19-21-23-25-27-29-31-33-34-35-36-38-39-41-43-45-47-49-51-53-55-57-59-61-63-65-69(73)68(67-72)71-70(74)66-64-62-60-58-56-54-52-50-48-46-44-42-40-37-32-30-28-26-24-22-20-18-16-14-12-10-8-6-4-2/h6,8,12,14,18,20,24,26,30,32,40,42,46,48,52,54,58,60,68-69,72-73H,3-5,7,9-11,13,15-17,19,21-23,25,27-29,31,33-39,41,43-45,47,49-51,53,55-57,59,61-67H2,1-2H3,(H,71,74)/b8-6-,14-12-,20-18-,26-24-,32-30-,42-40-,48-46-,54-52-,60-58-.